The Morgan fingerprint density at radius 2 is 2.00 bits per heavy atom. The van der Waals surface area contributed by atoms with Crippen molar-refractivity contribution in [2.24, 2.45) is 0 Å². The lowest BCUT2D eigenvalue weighted by molar-refractivity contribution is 0.328. The topological polar surface area (TPSA) is 19.0 Å². The molecule has 0 aliphatic carbocycles. The highest BCUT2D eigenvalue weighted by atomic mass is 19.1. The molecular formula is C13H15FN2. The number of hydrogen-bond acceptors (Lipinski definition) is 1. The number of likely N-dealkylation sites (tertiary alicyclic amines) is 1. The normalized spacial score (nSPS) is 17.3. The second-order valence-electron chi connectivity index (χ2n) is 4.51. The zero-order valence-corrected chi connectivity index (χ0v) is 9.17. The standard InChI is InChI=1S/C13H15FN2/c14-11-3-4-13-10(7-11)8-12(15-13)9-16-5-1-2-6-16/h3-4,7-8,15H,1-2,5-6,9H2. The summed E-state index contributed by atoms with van der Waals surface area (Å²) in [7, 11) is 0. The van der Waals surface area contributed by atoms with Gasteiger partial charge in [0, 0.05) is 23.1 Å². The van der Waals surface area contributed by atoms with Gasteiger partial charge in [0.25, 0.3) is 0 Å². The van der Waals surface area contributed by atoms with E-state index in [2.05, 4.69) is 16.0 Å². The fraction of sp³-hybridized carbons (Fsp3) is 0.385. The summed E-state index contributed by atoms with van der Waals surface area (Å²) in [6.07, 6.45) is 2.60. The average Bonchev–Trinajstić information content (AvgIpc) is 2.86. The lowest BCUT2D eigenvalue weighted by Gasteiger charge is -2.12. The van der Waals surface area contributed by atoms with E-state index in [1.54, 1.807) is 12.1 Å². The van der Waals surface area contributed by atoms with Crippen LogP contribution in [0, 0.1) is 5.82 Å². The van der Waals surface area contributed by atoms with Crippen molar-refractivity contribution in [2.45, 2.75) is 19.4 Å². The Labute approximate surface area is 94.1 Å². The fourth-order valence-corrected chi connectivity index (χ4v) is 2.43. The second kappa shape index (κ2) is 3.91. The Bertz CT molecular complexity index is 498. The maximum absolute atomic E-state index is 13.0. The monoisotopic (exact) mass is 218 g/mol. The molecule has 84 valence electrons. The highest BCUT2D eigenvalue weighted by Gasteiger charge is 2.12. The van der Waals surface area contributed by atoms with Crippen LogP contribution >= 0.6 is 0 Å². The Morgan fingerprint density at radius 1 is 1.19 bits per heavy atom. The average molecular weight is 218 g/mol. The Balaban J connectivity index is 1.86. The molecule has 0 amide bonds. The summed E-state index contributed by atoms with van der Waals surface area (Å²) >= 11 is 0. The van der Waals surface area contributed by atoms with Gasteiger partial charge in [-0.1, -0.05) is 0 Å². The summed E-state index contributed by atoms with van der Waals surface area (Å²) in [5.74, 6) is -0.167. The van der Waals surface area contributed by atoms with Gasteiger partial charge in [0.15, 0.2) is 0 Å². The van der Waals surface area contributed by atoms with Gasteiger partial charge in [-0.05, 0) is 50.2 Å². The number of H-pyrrole nitrogens is 1. The van der Waals surface area contributed by atoms with Crippen LogP contribution in [-0.4, -0.2) is 23.0 Å². The van der Waals surface area contributed by atoms with Crippen molar-refractivity contribution in [1.82, 2.24) is 9.88 Å². The first kappa shape index (κ1) is 9.85. The number of fused-ring (bicyclic) bond motifs is 1. The van der Waals surface area contributed by atoms with E-state index in [1.807, 2.05) is 0 Å². The van der Waals surface area contributed by atoms with Crippen LogP contribution in [-0.2, 0) is 6.54 Å². The van der Waals surface area contributed by atoms with Gasteiger partial charge in [-0.2, -0.15) is 0 Å². The van der Waals surface area contributed by atoms with E-state index in [4.69, 9.17) is 0 Å². The third-order valence-electron chi connectivity index (χ3n) is 3.23. The van der Waals surface area contributed by atoms with Gasteiger partial charge in [-0.15, -0.1) is 0 Å². The number of halogens is 1. The van der Waals surface area contributed by atoms with Gasteiger partial charge in [0.05, 0.1) is 0 Å². The van der Waals surface area contributed by atoms with E-state index < -0.39 is 0 Å². The first-order valence-electron chi connectivity index (χ1n) is 5.81. The molecular weight excluding hydrogens is 203 g/mol. The third-order valence-corrected chi connectivity index (χ3v) is 3.23. The summed E-state index contributed by atoms with van der Waals surface area (Å²) in [5, 5.41) is 0.967. The number of nitrogens with one attached hydrogen (secondary N) is 1. The molecule has 1 saturated heterocycles. The fourth-order valence-electron chi connectivity index (χ4n) is 2.43. The number of aromatic amines is 1. The smallest absolute Gasteiger partial charge is 0.123 e. The quantitative estimate of drug-likeness (QED) is 0.821. The van der Waals surface area contributed by atoms with E-state index in [0.717, 1.165) is 17.4 Å². The molecule has 2 nitrogen and oxygen atoms in total. The minimum absolute atomic E-state index is 0.167. The summed E-state index contributed by atoms with van der Waals surface area (Å²) < 4.78 is 13.0. The number of rotatable bonds is 2. The largest absolute Gasteiger partial charge is 0.357 e. The molecule has 1 N–H and O–H groups in total. The second-order valence-corrected chi connectivity index (χ2v) is 4.51. The maximum Gasteiger partial charge on any atom is 0.123 e. The van der Waals surface area contributed by atoms with E-state index in [1.165, 1.54) is 37.7 Å². The van der Waals surface area contributed by atoms with Gasteiger partial charge in [0.1, 0.15) is 5.82 Å². The summed E-state index contributed by atoms with van der Waals surface area (Å²) in [6, 6.07) is 6.94. The molecule has 1 aromatic heterocycles. The SMILES string of the molecule is Fc1ccc2[nH]c(CN3CCCC3)cc2c1. The Hall–Kier alpha value is -1.35. The highest BCUT2D eigenvalue weighted by molar-refractivity contribution is 5.80. The molecule has 0 bridgehead atoms. The van der Waals surface area contributed by atoms with Gasteiger partial charge in [-0.25, -0.2) is 4.39 Å². The predicted octanol–water partition coefficient (Wildman–Crippen LogP) is 2.90. The predicted molar refractivity (Wildman–Crippen MR) is 62.8 cm³/mol. The van der Waals surface area contributed by atoms with Crippen LogP contribution in [0.2, 0.25) is 0 Å². The summed E-state index contributed by atoms with van der Waals surface area (Å²) in [6.45, 7) is 3.32. The van der Waals surface area contributed by atoms with Gasteiger partial charge in [-0.3, -0.25) is 4.90 Å². The first-order valence-corrected chi connectivity index (χ1v) is 5.81. The van der Waals surface area contributed by atoms with Gasteiger partial charge in [0.2, 0.25) is 0 Å². The van der Waals surface area contributed by atoms with Crippen molar-refractivity contribution in [1.29, 1.82) is 0 Å². The third kappa shape index (κ3) is 1.83. The van der Waals surface area contributed by atoms with Crippen LogP contribution in [0.5, 0.6) is 0 Å². The van der Waals surface area contributed by atoms with E-state index in [9.17, 15) is 4.39 Å². The van der Waals surface area contributed by atoms with E-state index >= 15 is 0 Å². The van der Waals surface area contributed by atoms with Crippen LogP contribution in [0.25, 0.3) is 10.9 Å². The molecule has 0 saturated carbocycles. The molecule has 1 aliphatic rings. The lowest BCUT2D eigenvalue weighted by Crippen LogP contribution is -2.18. The Morgan fingerprint density at radius 3 is 2.81 bits per heavy atom. The Kier molecular flexibility index (Phi) is 2.40. The zero-order valence-electron chi connectivity index (χ0n) is 9.17. The molecule has 0 atom stereocenters. The molecule has 3 heteroatoms. The van der Waals surface area contributed by atoms with Crippen molar-refractivity contribution in [3.8, 4) is 0 Å². The number of benzene rings is 1. The van der Waals surface area contributed by atoms with Gasteiger partial charge < -0.3 is 4.98 Å². The van der Waals surface area contributed by atoms with E-state index in [0.29, 0.717) is 0 Å². The molecule has 16 heavy (non-hydrogen) atoms. The number of aromatic nitrogens is 1. The molecule has 1 fully saturated rings. The molecule has 0 unspecified atom stereocenters. The first-order chi connectivity index (χ1) is 7.81. The van der Waals surface area contributed by atoms with Gasteiger partial charge >= 0.3 is 0 Å². The minimum atomic E-state index is -0.167. The van der Waals surface area contributed by atoms with Crippen LogP contribution in [0.15, 0.2) is 24.3 Å². The highest BCUT2D eigenvalue weighted by Crippen LogP contribution is 2.19. The van der Waals surface area contributed by atoms with Crippen LogP contribution in [0.1, 0.15) is 18.5 Å². The van der Waals surface area contributed by atoms with Crippen molar-refractivity contribution in [3.05, 3.63) is 35.8 Å². The minimum Gasteiger partial charge on any atom is -0.357 e. The van der Waals surface area contributed by atoms with Crippen molar-refractivity contribution in [3.63, 3.8) is 0 Å². The number of hydrogen-bond donors (Lipinski definition) is 1. The molecule has 1 aliphatic heterocycles. The van der Waals surface area contributed by atoms with Crippen molar-refractivity contribution < 1.29 is 4.39 Å². The zero-order chi connectivity index (χ0) is 11.0. The van der Waals surface area contributed by atoms with Crippen molar-refractivity contribution in [2.75, 3.05) is 13.1 Å². The van der Waals surface area contributed by atoms with Crippen molar-refractivity contribution >= 4 is 10.9 Å². The molecule has 2 heterocycles. The molecule has 0 spiro atoms. The number of nitrogens with zero attached hydrogens (tertiary/aromatic N) is 1. The maximum atomic E-state index is 13.0. The summed E-state index contributed by atoms with van der Waals surface area (Å²) in [4.78, 5) is 5.77. The van der Waals surface area contributed by atoms with Crippen LogP contribution in [0.3, 0.4) is 0 Å². The summed E-state index contributed by atoms with van der Waals surface area (Å²) in [5.41, 5.74) is 2.21. The molecule has 2 aromatic rings. The molecule has 1 aromatic carbocycles. The molecule has 3 rings (SSSR count). The van der Waals surface area contributed by atoms with E-state index in [-0.39, 0.29) is 5.82 Å². The molecule has 0 radical (unpaired) electrons. The lowest BCUT2D eigenvalue weighted by atomic mass is 10.2. The van der Waals surface area contributed by atoms with Crippen LogP contribution in [0.4, 0.5) is 4.39 Å². The van der Waals surface area contributed by atoms with Crippen LogP contribution < -0.4 is 0 Å².